The van der Waals surface area contributed by atoms with Gasteiger partial charge in [-0.05, 0) is 35.9 Å². The standard InChI is InChI=1S/C16H13FO3/c1-20-12-8-6-11(7-9-12)10-14(17)16(19)13-4-2-3-5-15(13)18/h2-10,18H,1H3. The van der Waals surface area contributed by atoms with Gasteiger partial charge in [0, 0.05) is 0 Å². The zero-order valence-electron chi connectivity index (χ0n) is 10.8. The number of carbonyl (C=O) groups excluding carboxylic acids is 1. The van der Waals surface area contributed by atoms with Crippen molar-refractivity contribution >= 4 is 11.9 Å². The Kier molecular flexibility index (Phi) is 4.15. The quantitative estimate of drug-likeness (QED) is 0.683. The highest BCUT2D eigenvalue weighted by Gasteiger charge is 2.15. The van der Waals surface area contributed by atoms with E-state index < -0.39 is 11.6 Å². The van der Waals surface area contributed by atoms with Crippen LogP contribution in [-0.4, -0.2) is 18.0 Å². The molecule has 20 heavy (non-hydrogen) atoms. The van der Waals surface area contributed by atoms with Crippen LogP contribution in [0.3, 0.4) is 0 Å². The molecule has 0 radical (unpaired) electrons. The van der Waals surface area contributed by atoms with Crippen LogP contribution < -0.4 is 4.74 Å². The highest BCUT2D eigenvalue weighted by atomic mass is 19.1. The molecule has 0 amide bonds. The van der Waals surface area contributed by atoms with Gasteiger partial charge in [0.25, 0.3) is 0 Å². The molecule has 2 rings (SSSR count). The average Bonchev–Trinajstić information content (AvgIpc) is 2.48. The molecule has 2 aromatic rings. The Balaban J connectivity index is 2.25. The number of para-hydroxylation sites is 1. The minimum absolute atomic E-state index is 0.0604. The van der Waals surface area contributed by atoms with Gasteiger partial charge in [-0.15, -0.1) is 0 Å². The molecule has 1 N–H and O–H groups in total. The molecule has 0 spiro atoms. The van der Waals surface area contributed by atoms with Crippen molar-refractivity contribution in [3.8, 4) is 11.5 Å². The minimum atomic E-state index is -0.934. The lowest BCUT2D eigenvalue weighted by atomic mass is 10.1. The van der Waals surface area contributed by atoms with Crippen LogP contribution in [0.1, 0.15) is 15.9 Å². The molecule has 0 saturated carbocycles. The molecule has 0 saturated heterocycles. The van der Waals surface area contributed by atoms with E-state index in [9.17, 15) is 14.3 Å². The van der Waals surface area contributed by atoms with Crippen molar-refractivity contribution in [2.24, 2.45) is 0 Å². The van der Waals surface area contributed by atoms with Crippen molar-refractivity contribution in [2.75, 3.05) is 7.11 Å². The van der Waals surface area contributed by atoms with Gasteiger partial charge in [0.15, 0.2) is 5.83 Å². The van der Waals surface area contributed by atoms with Crippen molar-refractivity contribution in [1.29, 1.82) is 0 Å². The fraction of sp³-hybridized carbons (Fsp3) is 0.0625. The largest absolute Gasteiger partial charge is 0.507 e. The SMILES string of the molecule is COc1ccc(C=C(F)C(=O)c2ccccc2O)cc1. The van der Waals surface area contributed by atoms with E-state index in [1.807, 2.05) is 0 Å². The number of hydrogen-bond donors (Lipinski definition) is 1. The summed E-state index contributed by atoms with van der Waals surface area (Å²) in [6, 6.07) is 12.5. The van der Waals surface area contributed by atoms with Crippen LogP contribution >= 0.6 is 0 Å². The van der Waals surface area contributed by atoms with Crippen LogP contribution in [0.25, 0.3) is 6.08 Å². The number of halogens is 1. The number of aromatic hydroxyl groups is 1. The Bertz CT molecular complexity index is 645. The molecule has 0 aliphatic carbocycles. The first kappa shape index (κ1) is 13.8. The predicted octanol–water partition coefficient (Wildman–Crippen LogP) is 3.59. The van der Waals surface area contributed by atoms with Gasteiger partial charge < -0.3 is 9.84 Å². The second-order valence-electron chi connectivity index (χ2n) is 4.11. The Morgan fingerprint density at radius 1 is 1.15 bits per heavy atom. The van der Waals surface area contributed by atoms with Gasteiger partial charge in [0.1, 0.15) is 11.5 Å². The molecule has 0 atom stereocenters. The summed E-state index contributed by atoms with van der Waals surface area (Å²) in [5.74, 6) is -1.37. The van der Waals surface area contributed by atoms with Crippen LogP contribution in [0.5, 0.6) is 11.5 Å². The van der Waals surface area contributed by atoms with Crippen LogP contribution in [-0.2, 0) is 0 Å². The van der Waals surface area contributed by atoms with Gasteiger partial charge in [0.2, 0.25) is 5.78 Å². The average molecular weight is 272 g/mol. The first-order valence-corrected chi connectivity index (χ1v) is 5.96. The zero-order chi connectivity index (χ0) is 14.5. The van der Waals surface area contributed by atoms with Crippen LogP contribution in [0.15, 0.2) is 54.4 Å². The van der Waals surface area contributed by atoms with E-state index in [4.69, 9.17) is 4.74 Å². The van der Waals surface area contributed by atoms with E-state index in [-0.39, 0.29) is 11.3 Å². The zero-order valence-corrected chi connectivity index (χ0v) is 10.8. The smallest absolute Gasteiger partial charge is 0.225 e. The molecule has 0 heterocycles. The molecule has 0 aromatic heterocycles. The summed E-state index contributed by atoms with van der Waals surface area (Å²) in [4.78, 5) is 11.9. The fourth-order valence-electron chi connectivity index (χ4n) is 1.71. The number of phenolic OH excluding ortho intramolecular Hbond substituents is 1. The number of ether oxygens (including phenoxy) is 1. The second-order valence-corrected chi connectivity index (χ2v) is 4.11. The minimum Gasteiger partial charge on any atom is -0.507 e. The van der Waals surface area contributed by atoms with Gasteiger partial charge in [-0.2, -0.15) is 0 Å². The summed E-state index contributed by atoms with van der Waals surface area (Å²) in [5, 5.41) is 9.53. The van der Waals surface area contributed by atoms with E-state index in [0.29, 0.717) is 11.3 Å². The fourth-order valence-corrected chi connectivity index (χ4v) is 1.71. The lowest BCUT2D eigenvalue weighted by Crippen LogP contribution is -1.99. The summed E-state index contributed by atoms with van der Waals surface area (Å²) in [7, 11) is 1.53. The number of carbonyl (C=O) groups is 1. The second kappa shape index (κ2) is 6.02. The van der Waals surface area contributed by atoms with Crippen LogP contribution in [0, 0.1) is 0 Å². The molecule has 4 heteroatoms. The van der Waals surface area contributed by atoms with Crippen LogP contribution in [0.4, 0.5) is 4.39 Å². The maximum Gasteiger partial charge on any atom is 0.225 e. The number of ketones is 1. The molecule has 0 unspecified atom stereocenters. The molecular formula is C16H13FO3. The maximum absolute atomic E-state index is 13.9. The van der Waals surface area contributed by atoms with Gasteiger partial charge in [0.05, 0.1) is 12.7 Å². The lowest BCUT2D eigenvalue weighted by Gasteiger charge is -2.02. The van der Waals surface area contributed by atoms with Gasteiger partial charge in [-0.3, -0.25) is 4.79 Å². The third kappa shape index (κ3) is 3.03. The predicted molar refractivity (Wildman–Crippen MR) is 74.5 cm³/mol. The molecule has 102 valence electrons. The molecule has 0 aliphatic rings. The van der Waals surface area contributed by atoms with Gasteiger partial charge >= 0.3 is 0 Å². The number of phenols is 1. The molecule has 0 bridgehead atoms. The van der Waals surface area contributed by atoms with Crippen molar-refractivity contribution in [1.82, 2.24) is 0 Å². The van der Waals surface area contributed by atoms with E-state index in [1.165, 1.54) is 19.2 Å². The maximum atomic E-state index is 13.9. The summed E-state index contributed by atoms with van der Waals surface area (Å²) < 4.78 is 18.9. The van der Waals surface area contributed by atoms with E-state index >= 15 is 0 Å². The Morgan fingerprint density at radius 2 is 1.80 bits per heavy atom. The third-order valence-corrected chi connectivity index (χ3v) is 2.77. The number of benzene rings is 2. The number of allylic oxidation sites excluding steroid dienone is 1. The molecular weight excluding hydrogens is 259 g/mol. The number of hydrogen-bond acceptors (Lipinski definition) is 3. The van der Waals surface area contributed by atoms with Crippen molar-refractivity contribution in [2.45, 2.75) is 0 Å². The Labute approximate surface area is 115 Å². The first-order chi connectivity index (χ1) is 9.61. The molecule has 2 aromatic carbocycles. The highest BCUT2D eigenvalue weighted by molar-refractivity contribution is 6.11. The topological polar surface area (TPSA) is 46.5 Å². The lowest BCUT2D eigenvalue weighted by molar-refractivity contribution is 0.100. The monoisotopic (exact) mass is 272 g/mol. The Morgan fingerprint density at radius 3 is 2.40 bits per heavy atom. The molecule has 0 fully saturated rings. The Hall–Kier alpha value is -2.62. The summed E-state index contributed by atoms with van der Waals surface area (Å²) in [5.41, 5.74) is 0.474. The summed E-state index contributed by atoms with van der Waals surface area (Å²) in [6.07, 6.45) is 1.12. The van der Waals surface area contributed by atoms with Crippen molar-refractivity contribution < 1.29 is 19.0 Å². The van der Waals surface area contributed by atoms with Crippen LogP contribution in [0.2, 0.25) is 0 Å². The normalized spacial score (nSPS) is 11.2. The van der Waals surface area contributed by atoms with Gasteiger partial charge in [-0.25, -0.2) is 4.39 Å². The van der Waals surface area contributed by atoms with Gasteiger partial charge in [-0.1, -0.05) is 24.3 Å². The molecule has 3 nitrogen and oxygen atoms in total. The summed E-state index contributed by atoms with van der Waals surface area (Å²) >= 11 is 0. The molecule has 0 aliphatic heterocycles. The number of Topliss-reactive ketones (excluding diaryl/α,β-unsaturated/α-hetero) is 1. The third-order valence-electron chi connectivity index (χ3n) is 2.77. The number of methoxy groups -OCH3 is 1. The highest BCUT2D eigenvalue weighted by Crippen LogP contribution is 2.22. The van der Waals surface area contributed by atoms with Crippen molar-refractivity contribution in [3.63, 3.8) is 0 Å². The summed E-state index contributed by atoms with van der Waals surface area (Å²) in [6.45, 7) is 0. The van der Waals surface area contributed by atoms with E-state index in [2.05, 4.69) is 0 Å². The number of rotatable bonds is 4. The van der Waals surface area contributed by atoms with Crippen molar-refractivity contribution in [3.05, 3.63) is 65.5 Å². The first-order valence-electron chi connectivity index (χ1n) is 5.96. The van der Waals surface area contributed by atoms with E-state index in [0.717, 1.165) is 6.08 Å². The van der Waals surface area contributed by atoms with E-state index in [1.54, 1.807) is 36.4 Å².